The summed E-state index contributed by atoms with van der Waals surface area (Å²) in [5, 5.41) is 11.4. The number of nitrogens with one attached hydrogen (secondary N) is 2. The zero-order valence-electron chi connectivity index (χ0n) is 15.4. The van der Waals surface area contributed by atoms with Crippen molar-refractivity contribution in [3.05, 3.63) is 52.0 Å². The lowest BCUT2D eigenvalue weighted by Gasteiger charge is -2.16. The van der Waals surface area contributed by atoms with E-state index in [1.807, 2.05) is 0 Å². The van der Waals surface area contributed by atoms with Crippen LogP contribution in [0.3, 0.4) is 0 Å². The number of benzene rings is 2. The minimum Gasteiger partial charge on any atom is -0.481 e. The molecule has 1 amide bonds. The molecule has 28 heavy (non-hydrogen) atoms. The van der Waals surface area contributed by atoms with Crippen LogP contribution in [-0.2, 0) is 14.8 Å². The van der Waals surface area contributed by atoms with Crippen molar-refractivity contribution in [3.8, 4) is 5.75 Å². The Kier molecular flexibility index (Phi) is 6.52. The predicted molar refractivity (Wildman–Crippen MR) is 105 cm³/mol. The van der Waals surface area contributed by atoms with Crippen LogP contribution in [0, 0.1) is 13.8 Å². The van der Waals surface area contributed by atoms with Crippen molar-refractivity contribution < 1.29 is 27.9 Å². The molecule has 0 radical (unpaired) electrons. The first-order chi connectivity index (χ1) is 13.1. The smallest absolute Gasteiger partial charge is 0.341 e. The van der Waals surface area contributed by atoms with Gasteiger partial charge >= 0.3 is 5.97 Å². The lowest BCUT2D eigenvalue weighted by molar-refractivity contribution is -0.139. The van der Waals surface area contributed by atoms with Gasteiger partial charge in [0.05, 0.1) is 15.5 Å². The molecule has 2 aromatic rings. The second-order valence-electron chi connectivity index (χ2n) is 5.90. The maximum atomic E-state index is 12.8. The average molecular weight is 427 g/mol. The van der Waals surface area contributed by atoms with Crippen LogP contribution in [0.2, 0.25) is 5.02 Å². The second kappa shape index (κ2) is 8.49. The molecule has 0 aliphatic carbocycles. The summed E-state index contributed by atoms with van der Waals surface area (Å²) in [5.74, 6) is -1.44. The minimum absolute atomic E-state index is 0.0741. The summed E-state index contributed by atoms with van der Waals surface area (Å²) in [6, 6.07) is 7.09. The Balaban J connectivity index is 2.42. The highest BCUT2D eigenvalue weighted by molar-refractivity contribution is 7.92. The molecule has 0 aromatic heterocycles. The number of carboxylic acids is 1. The van der Waals surface area contributed by atoms with Gasteiger partial charge in [-0.2, -0.15) is 0 Å². The lowest BCUT2D eigenvalue weighted by Crippen LogP contribution is -2.19. The van der Waals surface area contributed by atoms with Gasteiger partial charge in [-0.3, -0.25) is 9.52 Å². The SMILES string of the molecule is CNC(=O)c1cc(NS(=O)(=O)c2ccc(C)c(OCC(=O)O)c2C)ccc1Cl. The van der Waals surface area contributed by atoms with Crippen molar-refractivity contribution in [2.45, 2.75) is 18.7 Å². The third-order valence-corrected chi connectivity index (χ3v) is 5.73. The predicted octanol–water partition coefficient (Wildman–Crippen LogP) is 2.58. The van der Waals surface area contributed by atoms with Crippen LogP contribution in [0.4, 0.5) is 5.69 Å². The molecule has 0 atom stereocenters. The molecule has 0 aliphatic rings. The summed E-state index contributed by atoms with van der Waals surface area (Å²) in [6.07, 6.45) is 0. The third kappa shape index (κ3) is 4.73. The van der Waals surface area contributed by atoms with Crippen LogP contribution in [0.5, 0.6) is 5.75 Å². The largest absolute Gasteiger partial charge is 0.481 e. The van der Waals surface area contributed by atoms with E-state index in [-0.39, 0.29) is 32.5 Å². The topological polar surface area (TPSA) is 122 Å². The van der Waals surface area contributed by atoms with E-state index in [1.165, 1.54) is 44.3 Å². The molecular weight excluding hydrogens is 408 g/mol. The number of hydrogen-bond acceptors (Lipinski definition) is 5. The number of anilines is 1. The highest BCUT2D eigenvalue weighted by atomic mass is 35.5. The highest BCUT2D eigenvalue weighted by Crippen LogP contribution is 2.31. The van der Waals surface area contributed by atoms with E-state index in [2.05, 4.69) is 10.0 Å². The normalized spacial score (nSPS) is 11.0. The fourth-order valence-corrected chi connectivity index (χ4v) is 4.06. The second-order valence-corrected chi connectivity index (χ2v) is 7.95. The van der Waals surface area contributed by atoms with Gasteiger partial charge in [0.15, 0.2) is 6.61 Å². The van der Waals surface area contributed by atoms with Gasteiger partial charge in [-0.15, -0.1) is 0 Å². The Morgan fingerprint density at radius 2 is 1.86 bits per heavy atom. The molecular formula is C18H19ClN2O6S. The Hall–Kier alpha value is -2.78. The van der Waals surface area contributed by atoms with Crippen molar-refractivity contribution in [2.75, 3.05) is 18.4 Å². The number of carboxylic acid groups (broad SMARTS) is 1. The zero-order chi connectivity index (χ0) is 21.1. The summed E-state index contributed by atoms with van der Waals surface area (Å²) in [7, 11) is -2.60. The third-order valence-electron chi connectivity index (χ3n) is 3.87. The number of aryl methyl sites for hydroxylation is 1. The number of ether oxygens (including phenoxy) is 1. The molecule has 3 N–H and O–H groups in total. The van der Waals surface area contributed by atoms with Crippen molar-refractivity contribution in [3.63, 3.8) is 0 Å². The monoisotopic (exact) mass is 426 g/mol. The van der Waals surface area contributed by atoms with Crippen LogP contribution in [0.1, 0.15) is 21.5 Å². The van der Waals surface area contributed by atoms with E-state index >= 15 is 0 Å². The Morgan fingerprint density at radius 1 is 1.18 bits per heavy atom. The van der Waals surface area contributed by atoms with E-state index in [9.17, 15) is 18.0 Å². The van der Waals surface area contributed by atoms with Crippen LogP contribution < -0.4 is 14.8 Å². The molecule has 2 rings (SSSR count). The van der Waals surface area contributed by atoms with Gasteiger partial charge in [-0.25, -0.2) is 13.2 Å². The fraction of sp³-hybridized carbons (Fsp3) is 0.222. The summed E-state index contributed by atoms with van der Waals surface area (Å²) < 4.78 is 33.3. The van der Waals surface area contributed by atoms with Gasteiger partial charge < -0.3 is 15.2 Å². The number of aliphatic carboxylic acids is 1. The van der Waals surface area contributed by atoms with Gasteiger partial charge in [0.1, 0.15) is 5.75 Å². The van der Waals surface area contributed by atoms with Gasteiger partial charge in [-0.1, -0.05) is 17.7 Å². The van der Waals surface area contributed by atoms with E-state index in [0.29, 0.717) is 5.56 Å². The van der Waals surface area contributed by atoms with Gasteiger partial charge in [0.2, 0.25) is 0 Å². The van der Waals surface area contributed by atoms with Crippen LogP contribution in [0.15, 0.2) is 35.2 Å². The van der Waals surface area contributed by atoms with Gasteiger partial charge in [0.25, 0.3) is 15.9 Å². The first-order valence-electron chi connectivity index (χ1n) is 8.06. The maximum absolute atomic E-state index is 12.8. The average Bonchev–Trinajstić information content (AvgIpc) is 2.61. The molecule has 0 saturated heterocycles. The molecule has 0 heterocycles. The van der Waals surface area contributed by atoms with Gasteiger partial charge in [0, 0.05) is 18.3 Å². The summed E-state index contributed by atoms with van der Waals surface area (Å²) >= 11 is 5.98. The minimum atomic E-state index is -4.04. The number of sulfonamides is 1. The molecule has 0 spiro atoms. The Labute approximate surface area is 167 Å². The molecule has 10 heteroatoms. The van der Waals surface area contributed by atoms with Crippen molar-refractivity contribution >= 4 is 39.2 Å². The molecule has 2 aromatic carbocycles. The van der Waals surface area contributed by atoms with E-state index in [4.69, 9.17) is 21.4 Å². The number of rotatable bonds is 7. The van der Waals surface area contributed by atoms with E-state index in [0.717, 1.165) is 0 Å². The molecule has 150 valence electrons. The first-order valence-corrected chi connectivity index (χ1v) is 9.92. The molecule has 8 nitrogen and oxygen atoms in total. The number of carbonyl (C=O) groups excluding carboxylic acids is 1. The van der Waals surface area contributed by atoms with Crippen molar-refractivity contribution in [1.82, 2.24) is 5.32 Å². The summed E-state index contributed by atoms with van der Waals surface area (Å²) in [6.45, 7) is 2.62. The van der Waals surface area contributed by atoms with Crippen LogP contribution >= 0.6 is 11.6 Å². The zero-order valence-corrected chi connectivity index (χ0v) is 16.9. The molecule has 0 fully saturated rings. The lowest BCUT2D eigenvalue weighted by atomic mass is 10.1. The number of hydrogen-bond donors (Lipinski definition) is 3. The van der Waals surface area contributed by atoms with E-state index in [1.54, 1.807) is 6.92 Å². The van der Waals surface area contributed by atoms with Crippen LogP contribution in [0.25, 0.3) is 0 Å². The quantitative estimate of drug-likeness (QED) is 0.625. The van der Waals surface area contributed by atoms with Crippen LogP contribution in [-0.4, -0.2) is 39.1 Å². The molecule has 0 aliphatic heterocycles. The Morgan fingerprint density at radius 3 is 2.46 bits per heavy atom. The standard InChI is InChI=1S/C18H19ClN2O6S/c1-10-4-7-15(11(2)17(10)27-9-16(22)23)28(25,26)21-12-5-6-14(19)13(8-12)18(24)20-3/h4-8,21H,9H2,1-3H3,(H,20,24)(H,22,23). The number of carbonyl (C=O) groups is 2. The van der Waals surface area contributed by atoms with Crippen molar-refractivity contribution in [1.29, 1.82) is 0 Å². The Bertz CT molecular complexity index is 1040. The first kappa shape index (κ1) is 21.5. The highest BCUT2D eigenvalue weighted by Gasteiger charge is 2.22. The van der Waals surface area contributed by atoms with E-state index < -0.39 is 28.5 Å². The molecule has 0 saturated carbocycles. The summed E-state index contributed by atoms with van der Waals surface area (Å²) in [5.41, 5.74) is 1.15. The molecule has 0 unspecified atom stereocenters. The summed E-state index contributed by atoms with van der Waals surface area (Å²) in [4.78, 5) is 22.5. The fourth-order valence-electron chi connectivity index (χ4n) is 2.56. The number of halogens is 1. The maximum Gasteiger partial charge on any atom is 0.341 e. The number of amides is 1. The van der Waals surface area contributed by atoms with Crippen molar-refractivity contribution in [2.24, 2.45) is 0 Å². The molecule has 0 bridgehead atoms. The van der Waals surface area contributed by atoms with Gasteiger partial charge in [-0.05, 0) is 43.7 Å².